The molecule has 11 heteroatoms. The van der Waals surface area contributed by atoms with Crippen LogP contribution in [0.3, 0.4) is 0 Å². The van der Waals surface area contributed by atoms with E-state index in [4.69, 9.17) is 15.2 Å². The summed E-state index contributed by atoms with van der Waals surface area (Å²) in [6, 6.07) is 5.63. The topological polar surface area (TPSA) is 119 Å². The number of carbonyl (C=O) groups is 1. The highest BCUT2D eigenvalue weighted by atomic mass is 32.2. The first kappa shape index (κ1) is 21.3. The van der Waals surface area contributed by atoms with Gasteiger partial charge in [0.2, 0.25) is 5.88 Å². The van der Waals surface area contributed by atoms with Gasteiger partial charge in [0.1, 0.15) is 17.4 Å². The molecule has 150 valence electrons. The average molecular weight is 416 g/mol. The molecule has 1 heterocycles. The van der Waals surface area contributed by atoms with E-state index in [-0.39, 0.29) is 35.0 Å². The minimum Gasteiger partial charge on any atom is -0.463 e. The Morgan fingerprint density at radius 1 is 1.39 bits per heavy atom. The van der Waals surface area contributed by atoms with Crippen molar-refractivity contribution in [3.8, 4) is 6.07 Å². The van der Waals surface area contributed by atoms with Crippen LogP contribution in [0.25, 0.3) is 0 Å². The van der Waals surface area contributed by atoms with Gasteiger partial charge >= 0.3 is 11.5 Å². The Balaban J connectivity index is 2.71. The van der Waals surface area contributed by atoms with Crippen molar-refractivity contribution < 1.29 is 35.9 Å². The van der Waals surface area contributed by atoms with Crippen molar-refractivity contribution in [2.24, 2.45) is 5.73 Å². The fourth-order valence-corrected chi connectivity index (χ4v) is 3.50. The summed E-state index contributed by atoms with van der Waals surface area (Å²) >= 11 is 0. The number of nitrogens with two attached hydrogens (primary N) is 1. The Bertz CT molecular complexity index is 1020. The molecule has 0 spiro atoms. The Morgan fingerprint density at radius 2 is 2.04 bits per heavy atom. The number of rotatable bonds is 4. The monoisotopic (exact) mass is 416 g/mol. The predicted octanol–water partition coefficient (Wildman–Crippen LogP) is 2.62. The Labute approximate surface area is 158 Å². The van der Waals surface area contributed by atoms with Gasteiger partial charge in [-0.3, -0.25) is 0 Å². The second-order valence-corrected chi connectivity index (χ2v) is 7.58. The van der Waals surface area contributed by atoms with Crippen molar-refractivity contribution in [3.05, 3.63) is 52.6 Å². The molecule has 28 heavy (non-hydrogen) atoms. The van der Waals surface area contributed by atoms with Gasteiger partial charge in [0.25, 0.3) is 9.84 Å². The third kappa shape index (κ3) is 3.68. The zero-order chi connectivity index (χ0) is 21.3. The molecule has 1 unspecified atom stereocenters. The molecule has 1 aliphatic heterocycles. The summed E-state index contributed by atoms with van der Waals surface area (Å²) in [5.74, 6) is -2.47. The minimum absolute atomic E-state index is 0.00803. The lowest BCUT2D eigenvalue weighted by Gasteiger charge is -2.27. The van der Waals surface area contributed by atoms with Gasteiger partial charge in [0.15, 0.2) is 0 Å². The maximum Gasteiger partial charge on any atom is 0.501 e. The summed E-state index contributed by atoms with van der Waals surface area (Å²) in [5.41, 5.74) is -0.295. The summed E-state index contributed by atoms with van der Waals surface area (Å²) in [5, 5.41) is 9.43. The van der Waals surface area contributed by atoms with E-state index < -0.39 is 32.1 Å². The quantitative estimate of drug-likeness (QED) is 0.749. The molecule has 0 fully saturated rings. The van der Waals surface area contributed by atoms with Gasteiger partial charge < -0.3 is 15.2 Å². The van der Waals surface area contributed by atoms with Gasteiger partial charge in [-0.05, 0) is 31.5 Å². The summed E-state index contributed by atoms with van der Waals surface area (Å²) in [6.45, 7) is 2.90. The molecule has 0 aromatic heterocycles. The molecule has 1 aromatic carbocycles. The molecule has 0 bridgehead atoms. The highest BCUT2D eigenvalue weighted by Crippen LogP contribution is 2.41. The molecule has 1 aromatic rings. The van der Waals surface area contributed by atoms with Gasteiger partial charge in [-0.15, -0.1) is 0 Å². The van der Waals surface area contributed by atoms with Crippen LogP contribution in [0.5, 0.6) is 0 Å². The van der Waals surface area contributed by atoms with Crippen molar-refractivity contribution >= 4 is 15.8 Å². The lowest BCUT2D eigenvalue weighted by atomic mass is 9.83. The van der Waals surface area contributed by atoms with Crippen LogP contribution < -0.4 is 5.73 Å². The predicted molar refractivity (Wildman–Crippen MR) is 89.7 cm³/mol. The van der Waals surface area contributed by atoms with E-state index >= 15 is 0 Å². The van der Waals surface area contributed by atoms with E-state index in [0.29, 0.717) is 0 Å². The molecule has 7 nitrogen and oxygen atoms in total. The number of allylic oxidation sites excluding steroid dienone is 2. The fourth-order valence-electron chi connectivity index (χ4n) is 2.68. The van der Waals surface area contributed by atoms with Crippen LogP contribution in [-0.4, -0.2) is 26.5 Å². The number of benzene rings is 1. The molecule has 2 rings (SSSR count). The van der Waals surface area contributed by atoms with Crippen LogP contribution in [0, 0.1) is 11.3 Å². The third-order valence-electron chi connectivity index (χ3n) is 3.91. The first-order chi connectivity index (χ1) is 13.0. The number of hydrogen-bond acceptors (Lipinski definition) is 7. The van der Waals surface area contributed by atoms with Gasteiger partial charge in [0, 0.05) is 0 Å². The van der Waals surface area contributed by atoms with Crippen LogP contribution >= 0.6 is 0 Å². The van der Waals surface area contributed by atoms with E-state index in [1.165, 1.54) is 13.0 Å². The van der Waals surface area contributed by atoms with Crippen molar-refractivity contribution in [3.63, 3.8) is 0 Å². The highest BCUT2D eigenvalue weighted by Gasteiger charge is 2.47. The van der Waals surface area contributed by atoms with Crippen LogP contribution in [0.1, 0.15) is 25.3 Å². The zero-order valence-electron chi connectivity index (χ0n) is 14.7. The van der Waals surface area contributed by atoms with E-state index in [9.17, 15) is 31.6 Å². The Hall–Kier alpha value is -3.00. The molecular formula is C17H15F3N2O5S. The lowest BCUT2D eigenvalue weighted by Crippen LogP contribution is -2.26. The van der Waals surface area contributed by atoms with Crippen LogP contribution in [0.2, 0.25) is 0 Å². The van der Waals surface area contributed by atoms with Gasteiger partial charge in [-0.1, -0.05) is 12.1 Å². The number of sulfone groups is 1. The van der Waals surface area contributed by atoms with Gasteiger partial charge in [-0.25, -0.2) is 13.2 Å². The van der Waals surface area contributed by atoms with E-state index in [0.717, 1.165) is 18.2 Å². The molecule has 0 saturated carbocycles. The van der Waals surface area contributed by atoms with Gasteiger partial charge in [-0.2, -0.15) is 18.4 Å². The maximum absolute atomic E-state index is 12.9. The maximum atomic E-state index is 12.9. The van der Waals surface area contributed by atoms with Crippen molar-refractivity contribution in [1.29, 1.82) is 5.26 Å². The number of esters is 1. The largest absolute Gasteiger partial charge is 0.501 e. The first-order valence-corrected chi connectivity index (χ1v) is 9.30. The first-order valence-electron chi connectivity index (χ1n) is 7.82. The van der Waals surface area contributed by atoms with Crippen molar-refractivity contribution in [2.45, 2.75) is 30.2 Å². The standard InChI is InChI=1S/C17H15F3N2O5S/c1-3-26-16(23)13-9(2)27-15(22)12(8-21)14(13)10-5-4-6-11(7-10)28(24,25)17(18,19)20/h4-7,14H,3,22H2,1-2H3. The highest BCUT2D eigenvalue weighted by molar-refractivity contribution is 7.92. The number of ether oxygens (including phenoxy) is 2. The SMILES string of the molecule is CCOC(=O)C1=C(C)OC(N)=C(C#N)C1c1cccc(S(=O)(=O)C(F)(F)F)c1. The van der Waals surface area contributed by atoms with E-state index in [2.05, 4.69) is 0 Å². The molecule has 1 atom stereocenters. The van der Waals surface area contributed by atoms with Crippen LogP contribution in [-0.2, 0) is 24.1 Å². The second-order valence-electron chi connectivity index (χ2n) is 5.64. The van der Waals surface area contributed by atoms with E-state index in [1.807, 2.05) is 0 Å². The normalized spacial score (nSPS) is 17.8. The van der Waals surface area contributed by atoms with Crippen molar-refractivity contribution in [2.75, 3.05) is 6.61 Å². The minimum atomic E-state index is -5.63. The molecule has 0 saturated heterocycles. The number of nitriles is 1. The number of halogens is 3. The van der Waals surface area contributed by atoms with Crippen molar-refractivity contribution in [1.82, 2.24) is 0 Å². The molecule has 1 aliphatic rings. The molecule has 2 N–H and O–H groups in total. The number of alkyl halides is 3. The number of hydrogen-bond donors (Lipinski definition) is 1. The molecule has 0 amide bonds. The summed E-state index contributed by atoms with van der Waals surface area (Å²) < 4.78 is 72.3. The Morgan fingerprint density at radius 3 is 2.57 bits per heavy atom. The molecule has 0 aliphatic carbocycles. The molecule has 0 radical (unpaired) electrons. The zero-order valence-corrected chi connectivity index (χ0v) is 15.5. The summed E-state index contributed by atoms with van der Waals surface area (Å²) in [7, 11) is -5.63. The van der Waals surface area contributed by atoms with E-state index in [1.54, 1.807) is 13.0 Å². The number of carbonyl (C=O) groups excluding carboxylic acids is 1. The summed E-state index contributed by atoms with van der Waals surface area (Å²) in [6.07, 6.45) is 0. The second kappa shape index (κ2) is 7.55. The van der Waals surface area contributed by atoms with Gasteiger partial charge in [0.05, 0.1) is 23.0 Å². The third-order valence-corrected chi connectivity index (χ3v) is 5.39. The lowest BCUT2D eigenvalue weighted by molar-refractivity contribution is -0.139. The van der Waals surface area contributed by atoms with Crippen LogP contribution in [0.4, 0.5) is 13.2 Å². The smallest absolute Gasteiger partial charge is 0.463 e. The van der Waals surface area contributed by atoms with Crippen LogP contribution in [0.15, 0.2) is 51.9 Å². The molecular weight excluding hydrogens is 401 g/mol. The fraction of sp³-hybridized carbons (Fsp3) is 0.294. The number of nitrogens with zero attached hydrogens (tertiary/aromatic N) is 1. The average Bonchev–Trinajstić information content (AvgIpc) is 2.60. The summed E-state index contributed by atoms with van der Waals surface area (Å²) in [4.78, 5) is 11.3. The Kier molecular flexibility index (Phi) is 5.75.